The van der Waals surface area contributed by atoms with Gasteiger partial charge in [-0.3, -0.25) is 0 Å². The largest absolute Gasteiger partial charge is 0.338 e. The summed E-state index contributed by atoms with van der Waals surface area (Å²) in [6.07, 6.45) is 0.783. The van der Waals surface area contributed by atoms with E-state index in [0.29, 0.717) is 12.1 Å². The van der Waals surface area contributed by atoms with Gasteiger partial charge in [-0.25, -0.2) is 17.2 Å². The van der Waals surface area contributed by atoms with E-state index in [9.17, 15) is 17.2 Å². The summed E-state index contributed by atoms with van der Waals surface area (Å²) in [6.45, 7) is -0.0431. The fourth-order valence-corrected chi connectivity index (χ4v) is 2.16. The van der Waals surface area contributed by atoms with Crippen molar-refractivity contribution < 1.29 is 21.7 Å². The molecule has 0 aliphatic carbocycles. The molecule has 2 aromatic rings. The van der Waals surface area contributed by atoms with Gasteiger partial charge in [-0.2, -0.15) is 4.98 Å². The van der Waals surface area contributed by atoms with E-state index in [2.05, 4.69) is 14.7 Å². The molecule has 2 N–H and O–H groups in total. The van der Waals surface area contributed by atoms with E-state index in [1.165, 1.54) is 0 Å². The highest BCUT2D eigenvalue weighted by Gasteiger charge is 2.20. The van der Waals surface area contributed by atoms with Crippen LogP contribution >= 0.6 is 0 Å². The van der Waals surface area contributed by atoms with Gasteiger partial charge in [0, 0.05) is 6.26 Å². The highest BCUT2D eigenvalue weighted by molar-refractivity contribution is 7.90. The molecular formula is C10H9F2N3O3S. The average Bonchev–Trinajstić information content (AvgIpc) is 2.78. The topological polar surface area (TPSA) is 99.1 Å². The van der Waals surface area contributed by atoms with Crippen LogP contribution in [0.4, 0.5) is 8.78 Å². The van der Waals surface area contributed by atoms with E-state index in [1.54, 1.807) is 0 Å². The number of hydrogen-bond acceptors (Lipinski definition) is 6. The van der Waals surface area contributed by atoms with Gasteiger partial charge < -0.3 is 10.3 Å². The highest BCUT2D eigenvalue weighted by Crippen LogP contribution is 2.25. The normalized spacial score (nSPS) is 11.8. The summed E-state index contributed by atoms with van der Waals surface area (Å²) in [6, 6.07) is 1.29. The molecule has 102 valence electrons. The van der Waals surface area contributed by atoms with Gasteiger partial charge in [0.1, 0.15) is 16.5 Å². The van der Waals surface area contributed by atoms with Crippen molar-refractivity contribution in [2.24, 2.45) is 5.73 Å². The van der Waals surface area contributed by atoms with Crippen LogP contribution in [0.3, 0.4) is 0 Å². The molecule has 0 bridgehead atoms. The number of sulfone groups is 1. The molecule has 0 atom stereocenters. The molecule has 0 fully saturated rings. The van der Waals surface area contributed by atoms with E-state index < -0.39 is 26.4 Å². The van der Waals surface area contributed by atoms with Crippen molar-refractivity contribution in [2.75, 3.05) is 6.26 Å². The van der Waals surface area contributed by atoms with Crippen molar-refractivity contribution >= 4 is 9.84 Å². The molecule has 0 radical (unpaired) electrons. The second kappa shape index (κ2) is 4.67. The third kappa shape index (κ3) is 2.61. The minimum absolute atomic E-state index is 0.0431. The quantitative estimate of drug-likeness (QED) is 0.900. The van der Waals surface area contributed by atoms with Crippen molar-refractivity contribution in [3.8, 4) is 11.4 Å². The maximum absolute atomic E-state index is 13.8. The molecule has 0 spiro atoms. The Morgan fingerprint density at radius 3 is 2.53 bits per heavy atom. The first kappa shape index (κ1) is 13.6. The number of hydrogen-bond donors (Lipinski definition) is 1. The van der Waals surface area contributed by atoms with Gasteiger partial charge in [-0.05, 0) is 12.1 Å². The molecule has 1 aromatic carbocycles. The van der Waals surface area contributed by atoms with Crippen LogP contribution < -0.4 is 5.73 Å². The Balaban J connectivity index is 2.58. The Bertz CT molecular complexity index is 728. The van der Waals surface area contributed by atoms with Crippen LogP contribution in [-0.2, 0) is 16.4 Å². The van der Waals surface area contributed by atoms with Gasteiger partial charge in [-0.1, -0.05) is 5.16 Å². The summed E-state index contributed by atoms with van der Waals surface area (Å²) >= 11 is 0. The lowest BCUT2D eigenvalue weighted by molar-refractivity contribution is 0.380. The van der Waals surface area contributed by atoms with Gasteiger partial charge in [0.05, 0.1) is 12.1 Å². The van der Waals surface area contributed by atoms with Crippen LogP contribution in [0, 0.1) is 11.6 Å². The zero-order valence-corrected chi connectivity index (χ0v) is 10.5. The molecule has 1 aromatic heterocycles. The SMILES string of the molecule is CS(=O)(=O)c1cc(F)c(-c2noc(CN)n2)cc1F. The van der Waals surface area contributed by atoms with Gasteiger partial charge in [0.25, 0.3) is 0 Å². The van der Waals surface area contributed by atoms with Gasteiger partial charge in [0.15, 0.2) is 9.84 Å². The molecule has 0 saturated carbocycles. The number of halogens is 2. The fourth-order valence-electron chi connectivity index (χ4n) is 1.43. The lowest BCUT2D eigenvalue weighted by Gasteiger charge is -2.03. The second-order valence-electron chi connectivity index (χ2n) is 3.75. The number of benzene rings is 1. The Kier molecular flexibility index (Phi) is 3.33. The summed E-state index contributed by atoms with van der Waals surface area (Å²) in [5.41, 5.74) is 4.95. The maximum atomic E-state index is 13.8. The molecular weight excluding hydrogens is 280 g/mol. The smallest absolute Gasteiger partial charge is 0.240 e. The fraction of sp³-hybridized carbons (Fsp3) is 0.200. The van der Waals surface area contributed by atoms with Crippen LogP contribution in [-0.4, -0.2) is 24.8 Å². The van der Waals surface area contributed by atoms with E-state index in [0.717, 1.165) is 6.26 Å². The van der Waals surface area contributed by atoms with Crippen LogP contribution in [0.1, 0.15) is 5.89 Å². The second-order valence-corrected chi connectivity index (χ2v) is 5.73. The summed E-state index contributed by atoms with van der Waals surface area (Å²) in [7, 11) is -3.85. The van der Waals surface area contributed by atoms with Gasteiger partial charge in [-0.15, -0.1) is 0 Å². The van der Waals surface area contributed by atoms with Gasteiger partial charge in [0.2, 0.25) is 11.7 Å². The van der Waals surface area contributed by atoms with Crippen LogP contribution in [0.15, 0.2) is 21.6 Å². The Morgan fingerprint density at radius 2 is 2.00 bits per heavy atom. The van der Waals surface area contributed by atoms with E-state index in [4.69, 9.17) is 5.73 Å². The molecule has 9 heteroatoms. The predicted octanol–water partition coefficient (Wildman–Crippen LogP) is 0.877. The average molecular weight is 289 g/mol. The number of aromatic nitrogens is 2. The van der Waals surface area contributed by atoms with Crippen molar-refractivity contribution in [1.82, 2.24) is 10.1 Å². The summed E-state index contributed by atoms with van der Waals surface area (Å²) in [4.78, 5) is 3.01. The van der Waals surface area contributed by atoms with Crippen molar-refractivity contribution in [3.05, 3.63) is 29.7 Å². The first-order chi connectivity index (χ1) is 8.82. The van der Waals surface area contributed by atoms with Crippen molar-refractivity contribution in [3.63, 3.8) is 0 Å². The molecule has 6 nitrogen and oxygen atoms in total. The molecule has 0 saturated heterocycles. The third-order valence-electron chi connectivity index (χ3n) is 2.30. The lowest BCUT2D eigenvalue weighted by Crippen LogP contribution is -2.03. The third-order valence-corrected chi connectivity index (χ3v) is 3.42. The molecule has 0 unspecified atom stereocenters. The van der Waals surface area contributed by atoms with E-state index in [1.807, 2.05) is 0 Å². The van der Waals surface area contributed by atoms with Crippen LogP contribution in [0.5, 0.6) is 0 Å². The number of nitrogens with two attached hydrogens (primary N) is 1. The Labute approximate surface area is 107 Å². The van der Waals surface area contributed by atoms with E-state index >= 15 is 0 Å². The predicted molar refractivity (Wildman–Crippen MR) is 60.7 cm³/mol. The number of rotatable bonds is 3. The first-order valence-electron chi connectivity index (χ1n) is 5.05. The van der Waals surface area contributed by atoms with Crippen molar-refractivity contribution in [2.45, 2.75) is 11.4 Å². The summed E-state index contributed by atoms with van der Waals surface area (Å²) in [5, 5.41) is 3.43. The molecule has 19 heavy (non-hydrogen) atoms. The van der Waals surface area contributed by atoms with Crippen LogP contribution in [0.25, 0.3) is 11.4 Å². The molecule has 0 aliphatic rings. The minimum atomic E-state index is -3.85. The van der Waals surface area contributed by atoms with E-state index in [-0.39, 0.29) is 23.8 Å². The molecule has 0 amide bonds. The first-order valence-corrected chi connectivity index (χ1v) is 6.94. The zero-order chi connectivity index (χ0) is 14.2. The Hall–Kier alpha value is -1.87. The van der Waals surface area contributed by atoms with Crippen molar-refractivity contribution in [1.29, 1.82) is 0 Å². The van der Waals surface area contributed by atoms with Crippen LogP contribution in [0.2, 0.25) is 0 Å². The molecule has 1 heterocycles. The zero-order valence-electron chi connectivity index (χ0n) is 9.72. The Morgan fingerprint density at radius 1 is 1.32 bits per heavy atom. The summed E-state index contributed by atoms with van der Waals surface area (Å²) in [5.74, 6) is -2.19. The standard InChI is InChI=1S/C10H9F2N3O3S/c1-19(16,17)8-3-6(11)5(2-7(8)12)10-14-9(4-13)18-15-10/h2-3H,4,13H2,1H3. The lowest BCUT2D eigenvalue weighted by atomic mass is 10.2. The monoisotopic (exact) mass is 289 g/mol. The van der Waals surface area contributed by atoms with Gasteiger partial charge >= 0.3 is 0 Å². The highest BCUT2D eigenvalue weighted by atomic mass is 32.2. The minimum Gasteiger partial charge on any atom is -0.338 e. The molecule has 0 aliphatic heterocycles. The maximum Gasteiger partial charge on any atom is 0.240 e. The molecule has 2 rings (SSSR count). The summed E-state index contributed by atoms with van der Waals surface area (Å²) < 4.78 is 54.5. The number of nitrogens with zero attached hydrogens (tertiary/aromatic N) is 2.